The van der Waals surface area contributed by atoms with Crippen LogP contribution in [0.25, 0.3) is 0 Å². The van der Waals surface area contributed by atoms with Crippen LogP contribution in [-0.4, -0.2) is 39.5 Å². The molecule has 0 atom stereocenters. The van der Waals surface area contributed by atoms with Gasteiger partial charge in [0.2, 0.25) is 0 Å². The maximum Gasteiger partial charge on any atom is 0.280 e. The predicted octanol–water partition coefficient (Wildman–Crippen LogP) is 1.71. The van der Waals surface area contributed by atoms with Crippen LogP contribution >= 0.6 is 0 Å². The highest BCUT2D eigenvalue weighted by molar-refractivity contribution is 5.49. The minimum atomic E-state index is -0.635. The fraction of sp³-hybridized carbons (Fsp3) is 0.538. The van der Waals surface area contributed by atoms with Gasteiger partial charge in [0, 0.05) is 24.8 Å². The molecule has 1 aromatic rings. The highest BCUT2D eigenvalue weighted by Crippen LogP contribution is 2.27. The fourth-order valence-corrected chi connectivity index (χ4v) is 2.54. The number of hydrogen-bond acceptors (Lipinski definition) is 6. The van der Waals surface area contributed by atoms with Crippen LogP contribution < -0.4 is 0 Å². The summed E-state index contributed by atoms with van der Waals surface area (Å²) < 4.78 is 0. The van der Waals surface area contributed by atoms with E-state index in [0.29, 0.717) is 18.0 Å². The number of rotatable bonds is 5. The van der Waals surface area contributed by atoms with Gasteiger partial charge in [-0.15, -0.1) is 0 Å². The number of hydrogen-bond donors (Lipinski definition) is 1. The van der Waals surface area contributed by atoms with Crippen molar-refractivity contribution in [3.63, 3.8) is 0 Å². The Hall–Kier alpha value is -2.06. The normalized spacial score (nSPS) is 16.8. The molecule has 0 saturated carbocycles. The van der Waals surface area contributed by atoms with E-state index < -0.39 is 9.85 Å². The molecule has 1 aromatic carbocycles. The van der Waals surface area contributed by atoms with Crippen LogP contribution in [0.1, 0.15) is 18.4 Å². The molecule has 8 heteroatoms. The van der Waals surface area contributed by atoms with E-state index in [4.69, 9.17) is 5.11 Å². The molecule has 1 saturated heterocycles. The summed E-state index contributed by atoms with van der Waals surface area (Å²) in [6.45, 7) is 2.09. The number of likely N-dealkylation sites (tertiary alicyclic amines) is 1. The highest BCUT2D eigenvalue weighted by atomic mass is 16.6. The van der Waals surface area contributed by atoms with Crippen molar-refractivity contribution in [1.29, 1.82) is 0 Å². The quantitative estimate of drug-likeness (QED) is 0.654. The Morgan fingerprint density at radius 2 is 1.86 bits per heavy atom. The van der Waals surface area contributed by atoms with Crippen molar-refractivity contribution in [2.24, 2.45) is 5.92 Å². The summed E-state index contributed by atoms with van der Waals surface area (Å²) in [6, 6.07) is 3.76. The Morgan fingerprint density at radius 1 is 1.19 bits per heavy atom. The molecule has 0 aromatic heterocycles. The molecule has 21 heavy (non-hydrogen) atoms. The van der Waals surface area contributed by atoms with Gasteiger partial charge in [0.15, 0.2) is 0 Å². The third-order valence-corrected chi connectivity index (χ3v) is 3.84. The predicted molar refractivity (Wildman–Crippen MR) is 74.8 cm³/mol. The van der Waals surface area contributed by atoms with Crippen LogP contribution in [0, 0.1) is 26.1 Å². The first-order valence-electron chi connectivity index (χ1n) is 6.76. The molecule has 8 nitrogen and oxygen atoms in total. The number of nitrogens with zero attached hydrogens (tertiary/aromatic N) is 3. The lowest BCUT2D eigenvalue weighted by Gasteiger charge is -2.30. The van der Waals surface area contributed by atoms with Gasteiger partial charge in [-0.2, -0.15) is 0 Å². The van der Waals surface area contributed by atoms with Crippen molar-refractivity contribution in [3.8, 4) is 0 Å². The number of nitro groups is 2. The first-order chi connectivity index (χ1) is 10.0. The average Bonchev–Trinajstić information content (AvgIpc) is 2.48. The number of benzene rings is 1. The zero-order valence-corrected chi connectivity index (χ0v) is 11.5. The van der Waals surface area contributed by atoms with Crippen molar-refractivity contribution in [3.05, 3.63) is 44.0 Å². The number of aliphatic hydroxyl groups is 1. The minimum Gasteiger partial charge on any atom is -0.396 e. The van der Waals surface area contributed by atoms with Crippen LogP contribution in [0.2, 0.25) is 0 Å². The summed E-state index contributed by atoms with van der Waals surface area (Å²) in [5, 5.41) is 30.9. The van der Waals surface area contributed by atoms with Crippen molar-refractivity contribution >= 4 is 11.4 Å². The molecule has 2 rings (SSSR count). The van der Waals surface area contributed by atoms with E-state index in [9.17, 15) is 20.2 Å². The second-order valence-corrected chi connectivity index (χ2v) is 5.23. The maximum atomic E-state index is 11.1. The van der Waals surface area contributed by atoms with Crippen molar-refractivity contribution in [2.75, 3.05) is 19.7 Å². The Balaban J connectivity index is 2.13. The lowest BCUT2D eigenvalue weighted by atomic mass is 9.97. The summed E-state index contributed by atoms with van der Waals surface area (Å²) in [6.07, 6.45) is 1.72. The second kappa shape index (κ2) is 6.59. The molecule has 0 radical (unpaired) electrons. The highest BCUT2D eigenvalue weighted by Gasteiger charge is 2.23. The molecule has 0 amide bonds. The topological polar surface area (TPSA) is 110 Å². The zero-order chi connectivity index (χ0) is 15.4. The first kappa shape index (κ1) is 15.3. The first-order valence-corrected chi connectivity index (χ1v) is 6.76. The lowest BCUT2D eigenvalue weighted by Crippen LogP contribution is -2.34. The summed E-state index contributed by atoms with van der Waals surface area (Å²) in [4.78, 5) is 22.6. The van der Waals surface area contributed by atoms with Crippen LogP contribution in [0.4, 0.5) is 11.4 Å². The van der Waals surface area contributed by atoms with Crippen LogP contribution in [0.15, 0.2) is 18.2 Å². The summed E-state index contributed by atoms with van der Waals surface area (Å²) in [5.74, 6) is 0.299. The van der Waals surface area contributed by atoms with Crippen molar-refractivity contribution < 1.29 is 15.0 Å². The molecule has 1 fully saturated rings. The van der Waals surface area contributed by atoms with Gasteiger partial charge in [-0.3, -0.25) is 25.1 Å². The third kappa shape index (κ3) is 3.73. The molecule has 1 aliphatic rings. The van der Waals surface area contributed by atoms with E-state index >= 15 is 0 Å². The molecule has 1 N–H and O–H groups in total. The standard InChI is InChI=1S/C13H17N3O5/c17-9-10-3-5-14(6-4-10)8-11-1-2-12(15(18)19)7-13(11)16(20)21/h1-2,7,10,17H,3-6,8-9H2. The van der Waals surface area contributed by atoms with Gasteiger partial charge in [-0.05, 0) is 37.9 Å². The Labute approximate surface area is 121 Å². The number of aliphatic hydroxyl groups excluding tert-OH is 1. The maximum absolute atomic E-state index is 11.1. The van der Waals surface area contributed by atoms with E-state index in [-0.39, 0.29) is 18.0 Å². The Morgan fingerprint density at radius 3 is 2.38 bits per heavy atom. The smallest absolute Gasteiger partial charge is 0.280 e. The molecule has 1 heterocycles. The molecule has 0 bridgehead atoms. The lowest BCUT2D eigenvalue weighted by molar-refractivity contribution is -0.394. The molecule has 0 unspecified atom stereocenters. The SMILES string of the molecule is O=[N+]([O-])c1ccc(CN2CCC(CO)CC2)c([N+](=O)[O-])c1. The van der Waals surface area contributed by atoms with Gasteiger partial charge in [-0.25, -0.2) is 0 Å². The summed E-state index contributed by atoms with van der Waals surface area (Å²) in [5.41, 5.74) is -0.00836. The number of nitro benzene ring substituents is 2. The van der Waals surface area contributed by atoms with Gasteiger partial charge in [-0.1, -0.05) is 0 Å². The van der Waals surface area contributed by atoms with E-state index in [2.05, 4.69) is 4.90 Å². The van der Waals surface area contributed by atoms with Gasteiger partial charge in [0.05, 0.1) is 15.9 Å². The third-order valence-electron chi connectivity index (χ3n) is 3.84. The van der Waals surface area contributed by atoms with E-state index in [1.54, 1.807) is 0 Å². The number of piperidine rings is 1. The summed E-state index contributed by atoms with van der Waals surface area (Å²) >= 11 is 0. The fourth-order valence-electron chi connectivity index (χ4n) is 2.54. The van der Waals surface area contributed by atoms with Crippen LogP contribution in [0.3, 0.4) is 0 Å². The average molecular weight is 295 g/mol. The van der Waals surface area contributed by atoms with Crippen LogP contribution in [0.5, 0.6) is 0 Å². The van der Waals surface area contributed by atoms with E-state index in [1.807, 2.05) is 0 Å². The van der Waals surface area contributed by atoms with Gasteiger partial charge in [0.25, 0.3) is 11.4 Å². The van der Waals surface area contributed by atoms with Gasteiger partial charge < -0.3 is 5.11 Å². The second-order valence-electron chi connectivity index (χ2n) is 5.23. The summed E-state index contributed by atoms with van der Waals surface area (Å²) in [7, 11) is 0. The molecule has 114 valence electrons. The van der Waals surface area contributed by atoms with Gasteiger partial charge >= 0.3 is 0 Å². The molecular weight excluding hydrogens is 278 g/mol. The molecule has 0 aliphatic carbocycles. The largest absolute Gasteiger partial charge is 0.396 e. The Bertz CT molecular complexity index is 541. The monoisotopic (exact) mass is 295 g/mol. The van der Waals surface area contributed by atoms with E-state index in [0.717, 1.165) is 32.0 Å². The number of non-ortho nitro benzene ring substituents is 1. The molecule has 1 aliphatic heterocycles. The van der Waals surface area contributed by atoms with Gasteiger partial charge in [0.1, 0.15) is 0 Å². The molecule has 0 spiro atoms. The van der Waals surface area contributed by atoms with Crippen molar-refractivity contribution in [2.45, 2.75) is 19.4 Å². The van der Waals surface area contributed by atoms with Crippen LogP contribution in [-0.2, 0) is 6.54 Å². The Kier molecular flexibility index (Phi) is 4.81. The van der Waals surface area contributed by atoms with E-state index in [1.165, 1.54) is 12.1 Å². The minimum absolute atomic E-state index is 0.172. The zero-order valence-electron chi connectivity index (χ0n) is 11.5. The molecular formula is C13H17N3O5. The van der Waals surface area contributed by atoms with Crippen molar-refractivity contribution in [1.82, 2.24) is 4.90 Å².